The van der Waals surface area contributed by atoms with Crippen LogP contribution >= 0.6 is 0 Å². The van der Waals surface area contributed by atoms with Gasteiger partial charge in [-0.1, -0.05) is 36.4 Å². The van der Waals surface area contributed by atoms with E-state index < -0.39 is 0 Å². The highest BCUT2D eigenvalue weighted by Gasteiger charge is 2.02. The molecule has 0 aliphatic rings. The lowest BCUT2D eigenvalue weighted by Crippen LogP contribution is -2.00. The third-order valence-electron chi connectivity index (χ3n) is 3.33. The van der Waals surface area contributed by atoms with Gasteiger partial charge in [0.2, 0.25) is 0 Å². The maximum absolute atomic E-state index is 4.78. The van der Waals surface area contributed by atoms with Gasteiger partial charge in [0, 0.05) is 17.8 Å². The summed E-state index contributed by atoms with van der Waals surface area (Å²) >= 11 is 0. The minimum Gasteiger partial charge on any atom is -0.258 e. The first-order valence-electron chi connectivity index (χ1n) is 7.26. The Bertz CT molecular complexity index is 647. The summed E-state index contributed by atoms with van der Waals surface area (Å²) in [6.45, 7) is 8.32. The van der Waals surface area contributed by atoms with E-state index in [1.54, 1.807) is 0 Å². The summed E-state index contributed by atoms with van der Waals surface area (Å²) in [5, 5.41) is 0. The van der Waals surface area contributed by atoms with Gasteiger partial charge in [-0.15, -0.1) is 0 Å². The maximum atomic E-state index is 4.78. The smallest absolute Gasteiger partial charge is 0.0687 e. The standard InChI is InChI=1S/C19H22N2/c1-14-9-8-10-15(2)19(14)21-17(4)13-16(3)20-18-11-6-5-7-12-18/h5-12H,13H2,1-4H3. The molecule has 0 N–H and O–H groups in total. The summed E-state index contributed by atoms with van der Waals surface area (Å²) in [5.41, 5.74) is 6.68. The van der Waals surface area contributed by atoms with Crippen LogP contribution in [0.5, 0.6) is 0 Å². The van der Waals surface area contributed by atoms with Crippen LogP contribution < -0.4 is 0 Å². The van der Waals surface area contributed by atoms with Gasteiger partial charge in [-0.25, -0.2) is 0 Å². The largest absolute Gasteiger partial charge is 0.258 e. The Kier molecular flexibility index (Phi) is 5.04. The number of para-hydroxylation sites is 2. The molecule has 0 amide bonds. The van der Waals surface area contributed by atoms with E-state index in [2.05, 4.69) is 50.9 Å². The van der Waals surface area contributed by atoms with Crippen LogP contribution in [0.4, 0.5) is 11.4 Å². The molecular formula is C19H22N2. The molecule has 2 aromatic rings. The van der Waals surface area contributed by atoms with E-state index in [9.17, 15) is 0 Å². The molecule has 0 saturated heterocycles. The van der Waals surface area contributed by atoms with Gasteiger partial charge in [0.05, 0.1) is 11.4 Å². The van der Waals surface area contributed by atoms with Gasteiger partial charge in [-0.2, -0.15) is 0 Å². The fraction of sp³-hybridized carbons (Fsp3) is 0.263. The molecule has 0 saturated carbocycles. The minimum atomic E-state index is 0.794. The van der Waals surface area contributed by atoms with E-state index >= 15 is 0 Å². The number of benzene rings is 2. The molecule has 0 spiro atoms. The molecule has 0 aliphatic carbocycles. The zero-order valence-corrected chi connectivity index (χ0v) is 13.2. The zero-order chi connectivity index (χ0) is 15.2. The first-order chi connectivity index (χ1) is 10.1. The molecule has 2 rings (SSSR count). The van der Waals surface area contributed by atoms with Crippen LogP contribution in [0.2, 0.25) is 0 Å². The number of aryl methyl sites for hydroxylation is 2. The maximum Gasteiger partial charge on any atom is 0.0687 e. The summed E-state index contributed by atoms with van der Waals surface area (Å²) < 4.78 is 0. The molecular weight excluding hydrogens is 256 g/mol. The second kappa shape index (κ2) is 6.98. The van der Waals surface area contributed by atoms with E-state index in [1.807, 2.05) is 30.3 Å². The Morgan fingerprint density at radius 2 is 1.33 bits per heavy atom. The molecule has 0 fully saturated rings. The molecule has 0 unspecified atom stereocenters. The van der Waals surface area contributed by atoms with Gasteiger partial charge in [-0.05, 0) is 51.0 Å². The van der Waals surface area contributed by atoms with E-state index in [1.165, 1.54) is 11.1 Å². The highest BCUT2D eigenvalue weighted by atomic mass is 14.8. The normalized spacial score (nSPS) is 12.6. The van der Waals surface area contributed by atoms with Crippen molar-refractivity contribution in [3.63, 3.8) is 0 Å². The molecule has 0 aromatic heterocycles. The fourth-order valence-electron chi connectivity index (χ4n) is 2.35. The van der Waals surface area contributed by atoms with Crippen molar-refractivity contribution < 1.29 is 0 Å². The third-order valence-corrected chi connectivity index (χ3v) is 3.33. The Morgan fingerprint density at radius 1 is 0.762 bits per heavy atom. The third kappa shape index (κ3) is 4.38. The van der Waals surface area contributed by atoms with Gasteiger partial charge >= 0.3 is 0 Å². The molecule has 21 heavy (non-hydrogen) atoms. The van der Waals surface area contributed by atoms with Crippen molar-refractivity contribution in [1.29, 1.82) is 0 Å². The van der Waals surface area contributed by atoms with Crippen molar-refractivity contribution >= 4 is 22.8 Å². The monoisotopic (exact) mass is 278 g/mol. The van der Waals surface area contributed by atoms with E-state index in [4.69, 9.17) is 4.99 Å². The SMILES string of the molecule is CC(CC(C)=Nc1c(C)cccc1C)=Nc1ccccc1. The first kappa shape index (κ1) is 15.2. The Hall–Kier alpha value is -2.22. The van der Waals surface area contributed by atoms with Crippen LogP contribution in [0.15, 0.2) is 58.5 Å². The topological polar surface area (TPSA) is 24.7 Å². The van der Waals surface area contributed by atoms with Gasteiger partial charge < -0.3 is 0 Å². The Labute approximate surface area is 127 Å². The quantitative estimate of drug-likeness (QED) is 0.652. The summed E-state index contributed by atoms with van der Waals surface area (Å²) in [6.07, 6.45) is 0.794. The van der Waals surface area contributed by atoms with E-state index in [0.29, 0.717) is 0 Å². The predicted molar refractivity (Wildman–Crippen MR) is 92.5 cm³/mol. The number of aliphatic imine (C=N–C) groups is 2. The van der Waals surface area contributed by atoms with Crippen molar-refractivity contribution in [2.75, 3.05) is 0 Å². The zero-order valence-electron chi connectivity index (χ0n) is 13.2. The van der Waals surface area contributed by atoms with E-state index in [-0.39, 0.29) is 0 Å². The van der Waals surface area contributed by atoms with Crippen LogP contribution in [-0.2, 0) is 0 Å². The highest BCUT2D eigenvalue weighted by molar-refractivity contribution is 6.04. The highest BCUT2D eigenvalue weighted by Crippen LogP contribution is 2.23. The molecule has 0 aliphatic heterocycles. The van der Waals surface area contributed by atoms with Gasteiger partial charge in [0.1, 0.15) is 0 Å². The number of rotatable bonds is 4. The lowest BCUT2D eigenvalue weighted by Gasteiger charge is -2.07. The Balaban J connectivity index is 2.16. The molecule has 2 heteroatoms. The van der Waals surface area contributed by atoms with Crippen molar-refractivity contribution in [2.24, 2.45) is 9.98 Å². The van der Waals surface area contributed by atoms with Gasteiger partial charge in [-0.3, -0.25) is 9.98 Å². The molecule has 2 aromatic carbocycles. The predicted octanol–water partition coefficient (Wildman–Crippen LogP) is 5.58. The molecule has 2 nitrogen and oxygen atoms in total. The van der Waals surface area contributed by atoms with Crippen molar-refractivity contribution in [2.45, 2.75) is 34.1 Å². The van der Waals surface area contributed by atoms with Gasteiger partial charge in [0.15, 0.2) is 0 Å². The molecule has 0 heterocycles. The van der Waals surface area contributed by atoms with Crippen molar-refractivity contribution in [3.8, 4) is 0 Å². The van der Waals surface area contributed by atoms with Crippen molar-refractivity contribution in [3.05, 3.63) is 59.7 Å². The number of hydrogen-bond donors (Lipinski definition) is 0. The van der Waals surface area contributed by atoms with Crippen LogP contribution in [0.1, 0.15) is 31.4 Å². The molecule has 0 radical (unpaired) electrons. The van der Waals surface area contributed by atoms with Crippen LogP contribution in [-0.4, -0.2) is 11.4 Å². The lowest BCUT2D eigenvalue weighted by atomic mass is 10.1. The van der Waals surface area contributed by atoms with Crippen LogP contribution in [0.3, 0.4) is 0 Å². The average Bonchev–Trinajstić information content (AvgIpc) is 2.44. The first-order valence-corrected chi connectivity index (χ1v) is 7.26. The minimum absolute atomic E-state index is 0.794. The van der Waals surface area contributed by atoms with Crippen LogP contribution in [0, 0.1) is 13.8 Å². The fourth-order valence-corrected chi connectivity index (χ4v) is 2.35. The van der Waals surface area contributed by atoms with Crippen LogP contribution in [0.25, 0.3) is 0 Å². The molecule has 0 bridgehead atoms. The Morgan fingerprint density at radius 3 is 1.95 bits per heavy atom. The molecule has 0 atom stereocenters. The lowest BCUT2D eigenvalue weighted by molar-refractivity contribution is 1.30. The summed E-state index contributed by atoms with van der Waals surface area (Å²) in [5.74, 6) is 0. The number of hydrogen-bond acceptors (Lipinski definition) is 2. The average molecular weight is 278 g/mol. The summed E-state index contributed by atoms with van der Waals surface area (Å²) in [7, 11) is 0. The number of nitrogens with zero attached hydrogens (tertiary/aromatic N) is 2. The second-order valence-electron chi connectivity index (χ2n) is 5.45. The van der Waals surface area contributed by atoms with Gasteiger partial charge in [0.25, 0.3) is 0 Å². The summed E-state index contributed by atoms with van der Waals surface area (Å²) in [4.78, 5) is 9.40. The van der Waals surface area contributed by atoms with Crippen molar-refractivity contribution in [1.82, 2.24) is 0 Å². The summed E-state index contributed by atoms with van der Waals surface area (Å²) in [6, 6.07) is 16.3. The molecule has 108 valence electrons. The second-order valence-corrected chi connectivity index (χ2v) is 5.45. The van der Waals surface area contributed by atoms with E-state index in [0.717, 1.165) is 29.2 Å².